The summed E-state index contributed by atoms with van der Waals surface area (Å²) in [7, 11) is 0. The lowest BCUT2D eigenvalue weighted by Gasteiger charge is -2.34. The van der Waals surface area contributed by atoms with Gasteiger partial charge in [-0.3, -0.25) is 9.59 Å². The van der Waals surface area contributed by atoms with Crippen molar-refractivity contribution in [1.82, 2.24) is 14.8 Å². The fourth-order valence-corrected chi connectivity index (χ4v) is 4.13. The number of aromatic amines is 1. The topological polar surface area (TPSA) is 56.4 Å². The average Bonchev–Trinajstić information content (AvgIpc) is 3.32. The van der Waals surface area contributed by atoms with Crippen LogP contribution in [0.3, 0.4) is 0 Å². The van der Waals surface area contributed by atoms with Crippen molar-refractivity contribution in [2.24, 2.45) is 0 Å². The SMILES string of the molecule is O=C(Cc1cccs1)N1CCN(C(=O)Cc2c[nH]c3ccccc23)CC1. The molecule has 134 valence electrons. The van der Waals surface area contributed by atoms with Crippen LogP contribution in [-0.2, 0) is 22.4 Å². The number of nitrogens with zero attached hydrogens (tertiary/aromatic N) is 2. The molecular weight excluding hydrogens is 346 g/mol. The average molecular weight is 367 g/mol. The van der Waals surface area contributed by atoms with Gasteiger partial charge in [0.05, 0.1) is 12.8 Å². The van der Waals surface area contributed by atoms with Gasteiger partial charge in [0, 0.05) is 48.2 Å². The summed E-state index contributed by atoms with van der Waals surface area (Å²) in [4.78, 5) is 33.1. The van der Waals surface area contributed by atoms with Crippen molar-refractivity contribution < 1.29 is 9.59 Å². The van der Waals surface area contributed by atoms with Gasteiger partial charge in [-0.1, -0.05) is 24.3 Å². The maximum absolute atomic E-state index is 12.7. The second kappa shape index (κ2) is 7.33. The van der Waals surface area contributed by atoms with Gasteiger partial charge < -0.3 is 14.8 Å². The molecule has 0 unspecified atom stereocenters. The lowest BCUT2D eigenvalue weighted by atomic mass is 10.1. The molecule has 0 spiro atoms. The van der Waals surface area contributed by atoms with Gasteiger partial charge in [0.2, 0.25) is 11.8 Å². The Morgan fingerprint density at radius 1 is 0.923 bits per heavy atom. The summed E-state index contributed by atoms with van der Waals surface area (Å²) < 4.78 is 0. The van der Waals surface area contributed by atoms with Crippen LogP contribution in [0.5, 0.6) is 0 Å². The third-order valence-corrected chi connectivity index (χ3v) is 5.78. The van der Waals surface area contributed by atoms with E-state index in [0.717, 1.165) is 21.3 Å². The fraction of sp³-hybridized carbons (Fsp3) is 0.300. The Balaban J connectivity index is 1.32. The molecule has 0 radical (unpaired) electrons. The minimum atomic E-state index is 0.125. The van der Waals surface area contributed by atoms with Crippen molar-refractivity contribution in [2.45, 2.75) is 12.8 Å². The number of thiophene rings is 1. The molecule has 6 heteroatoms. The Labute approximate surface area is 156 Å². The molecule has 1 N–H and O–H groups in total. The second-order valence-corrected chi connectivity index (χ2v) is 7.59. The number of hydrogen-bond donors (Lipinski definition) is 1. The van der Waals surface area contributed by atoms with Gasteiger partial charge in [-0.15, -0.1) is 11.3 Å². The number of amides is 2. The van der Waals surface area contributed by atoms with Crippen molar-refractivity contribution in [3.8, 4) is 0 Å². The summed E-state index contributed by atoms with van der Waals surface area (Å²) in [5, 5.41) is 3.09. The van der Waals surface area contributed by atoms with E-state index in [1.54, 1.807) is 11.3 Å². The lowest BCUT2D eigenvalue weighted by Crippen LogP contribution is -2.51. The highest BCUT2D eigenvalue weighted by molar-refractivity contribution is 7.10. The first kappa shape index (κ1) is 16.8. The van der Waals surface area contributed by atoms with Gasteiger partial charge >= 0.3 is 0 Å². The molecule has 4 rings (SSSR count). The largest absolute Gasteiger partial charge is 0.361 e. The molecule has 2 amide bonds. The standard InChI is InChI=1S/C20H21N3O2S/c24-19(12-15-14-21-18-6-2-1-5-17(15)18)22-7-9-23(10-8-22)20(25)13-16-4-3-11-26-16/h1-6,11,14,21H,7-10,12-13H2. The van der Waals surface area contributed by atoms with E-state index in [-0.39, 0.29) is 11.8 Å². The zero-order valence-corrected chi connectivity index (χ0v) is 15.3. The molecule has 2 aromatic heterocycles. The first-order chi connectivity index (χ1) is 12.7. The number of rotatable bonds is 4. The molecule has 3 aromatic rings. The number of carbonyl (C=O) groups excluding carboxylic acids is 2. The molecule has 5 nitrogen and oxygen atoms in total. The second-order valence-electron chi connectivity index (χ2n) is 6.55. The van der Waals surface area contributed by atoms with Gasteiger partial charge in [-0.25, -0.2) is 0 Å². The zero-order valence-electron chi connectivity index (χ0n) is 14.5. The van der Waals surface area contributed by atoms with Crippen LogP contribution in [0.4, 0.5) is 0 Å². The van der Waals surface area contributed by atoms with Gasteiger partial charge in [-0.2, -0.15) is 0 Å². The Kier molecular flexibility index (Phi) is 4.75. The summed E-state index contributed by atoms with van der Waals surface area (Å²) in [6, 6.07) is 12.0. The lowest BCUT2D eigenvalue weighted by molar-refractivity contribution is -0.138. The zero-order chi connectivity index (χ0) is 17.9. The van der Waals surface area contributed by atoms with E-state index < -0.39 is 0 Å². The van der Waals surface area contributed by atoms with Crippen molar-refractivity contribution >= 4 is 34.1 Å². The maximum Gasteiger partial charge on any atom is 0.227 e. The van der Waals surface area contributed by atoms with E-state index in [2.05, 4.69) is 4.98 Å². The number of para-hydroxylation sites is 1. The Hall–Kier alpha value is -2.60. The van der Waals surface area contributed by atoms with Crippen molar-refractivity contribution in [3.05, 3.63) is 58.4 Å². The summed E-state index contributed by atoms with van der Waals surface area (Å²) >= 11 is 1.61. The molecule has 0 bridgehead atoms. The number of carbonyl (C=O) groups is 2. The molecule has 1 aliphatic rings. The molecule has 26 heavy (non-hydrogen) atoms. The molecule has 1 aliphatic heterocycles. The van der Waals surface area contributed by atoms with Crippen LogP contribution in [0.15, 0.2) is 48.0 Å². The predicted molar refractivity (Wildman–Crippen MR) is 103 cm³/mol. The van der Waals surface area contributed by atoms with Gasteiger partial charge in [0.1, 0.15) is 0 Å². The molecule has 0 atom stereocenters. The highest BCUT2D eigenvalue weighted by Gasteiger charge is 2.24. The summed E-state index contributed by atoms with van der Waals surface area (Å²) in [5.41, 5.74) is 2.08. The number of piperazine rings is 1. The molecule has 1 saturated heterocycles. The van der Waals surface area contributed by atoms with Crippen molar-refractivity contribution in [3.63, 3.8) is 0 Å². The minimum absolute atomic E-state index is 0.125. The Morgan fingerprint density at radius 3 is 2.31 bits per heavy atom. The normalized spacial score (nSPS) is 14.8. The molecule has 0 aliphatic carbocycles. The quantitative estimate of drug-likeness (QED) is 0.771. The first-order valence-electron chi connectivity index (χ1n) is 8.83. The van der Waals surface area contributed by atoms with Crippen LogP contribution >= 0.6 is 11.3 Å². The van der Waals surface area contributed by atoms with Crippen LogP contribution in [0.25, 0.3) is 10.9 Å². The molecule has 0 saturated carbocycles. The van der Waals surface area contributed by atoms with Gasteiger partial charge in [0.15, 0.2) is 0 Å². The third-order valence-electron chi connectivity index (χ3n) is 4.91. The Bertz CT molecular complexity index is 908. The molecule has 3 heterocycles. The van der Waals surface area contributed by atoms with Gasteiger partial charge in [0.25, 0.3) is 0 Å². The van der Waals surface area contributed by atoms with E-state index in [4.69, 9.17) is 0 Å². The van der Waals surface area contributed by atoms with Crippen LogP contribution in [-0.4, -0.2) is 52.8 Å². The van der Waals surface area contributed by atoms with Crippen molar-refractivity contribution in [2.75, 3.05) is 26.2 Å². The van der Waals surface area contributed by atoms with Crippen molar-refractivity contribution in [1.29, 1.82) is 0 Å². The van der Waals surface area contributed by atoms with E-state index in [1.165, 1.54) is 0 Å². The van der Waals surface area contributed by atoms with Gasteiger partial charge in [-0.05, 0) is 23.1 Å². The number of hydrogen-bond acceptors (Lipinski definition) is 3. The van der Waals surface area contributed by atoms with Crippen LogP contribution < -0.4 is 0 Å². The van der Waals surface area contributed by atoms with Crippen LogP contribution in [0.2, 0.25) is 0 Å². The number of benzene rings is 1. The summed E-state index contributed by atoms with van der Waals surface area (Å²) in [5.74, 6) is 0.274. The highest BCUT2D eigenvalue weighted by Crippen LogP contribution is 2.19. The summed E-state index contributed by atoms with van der Waals surface area (Å²) in [6.45, 7) is 2.45. The fourth-order valence-electron chi connectivity index (χ4n) is 3.43. The third kappa shape index (κ3) is 3.51. The molecular formula is C20H21N3O2S. The molecule has 1 aromatic carbocycles. The smallest absolute Gasteiger partial charge is 0.227 e. The number of fused-ring (bicyclic) bond motifs is 1. The van der Waals surface area contributed by atoms with Crippen LogP contribution in [0, 0.1) is 0 Å². The molecule has 1 fully saturated rings. The van der Waals surface area contributed by atoms with E-state index in [1.807, 2.05) is 57.8 Å². The number of nitrogens with one attached hydrogen (secondary N) is 1. The highest BCUT2D eigenvalue weighted by atomic mass is 32.1. The van der Waals surface area contributed by atoms with E-state index >= 15 is 0 Å². The number of aromatic nitrogens is 1. The number of H-pyrrole nitrogens is 1. The minimum Gasteiger partial charge on any atom is -0.361 e. The van der Waals surface area contributed by atoms with E-state index in [0.29, 0.717) is 39.0 Å². The predicted octanol–water partition coefficient (Wildman–Crippen LogP) is 2.69. The maximum atomic E-state index is 12.7. The Morgan fingerprint density at radius 2 is 1.62 bits per heavy atom. The summed E-state index contributed by atoms with van der Waals surface area (Å²) in [6.07, 6.45) is 2.78. The first-order valence-corrected chi connectivity index (χ1v) is 9.71. The van der Waals surface area contributed by atoms with Crippen LogP contribution in [0.1, 0.15) is 10.4 Å². The monoisotopic (exact) mass is 367 g/mol. The van der Waals surface area contributed by atoms with E-state index in [9.17, 15) is 9.59 Å².